The van der Waals surface area contributed by atoms with E-state index in [0.717, 1.165) is 67.1 Å². The Morgan fingerprint density at radius 2 is 0.944 bits per heavy atom. The van der Waals surface area contributed by atoms with Crippen LogP contribution in [0.25, 0.3) is 4.91 Å². The van der Waals surface area contributed by atoms with Crippen molar-refractivity contribution in [2.45, 2.75) is 107 Å². The first-order valence-electron chi connectivity index (χ1n) is 23.1. The number of aromatic nitrogens is 4. The van der Waals surface area contributed by atoms with Crippen LogP contribution in [0.2, 0.25) is 0 Å². The molecule has 0 saturated carbocycles. The summed E-state index contributed by atoms with van der Waals surface area (Å²) < 4.78 is 77.1. The number of carbonyl (C=O) groups is 1. The molecule has 0 spiro atoms. The van der Waals surface area contributed by atoms with Gasteiger partial charge < -0.3 is 10.2 Å². The summed E-state index contributed by atoms with van der Waals surface area (Å²) in [6.07, 6.45) is 5.75. The number of hydrogen-bond acceptors (Lipinski definition) is 13. The summed E-state index contributed by atoms with van der Waals surface area (Å²) in [5.74, 6) is 1.06. The second-order valence-corrected chi connectivity index (χ2v) is 28.5. The maximum Gasteiger partial charge on any atom is 0.276 e. The van der Waals surface area contributed by atoms with Crippen LogP contribution in [0.5, 0.6) is 0 Å². The van der Waals surface area contributed by atoms with E-state index in [-0.39, 0.29) is 34.3 Å². The van der Waals surface area contributed by atoms with E-state index >= 15 is 0 Å². The molecule has 6 heterocycles. The Morgan fingerprint density at radius 1 is 0.597 bits per heavy atom. The first kappa shape index (κ1) is 54.7. The predicted molar refractivity (Wildman–Crippen MR) is 293 cm³/mol. The zero-order valence-corrected chi connectivity index (χ0v) is 47.5. The standard InChI is InChI=1S/C19H24N2O3S2.2C16H18N2O3S2/c1-6-9-25-17(14-10-20-21(5)18(14)22)13-7-8-15-16(12(13)2)19(3,4)11-26(15,23)24;2*1-9-10(14(22)11-7-17-18(4)15(11)19)5-6-12-13(9)16(2,3)8-23(12,20)21/h7-8,10H,6,9,11H2,1-5H3;2*5-7,17H,8H2,1-4H3/b17-14-;;. The van der Waals surface area contributed by atoms with Gasteiger partial charge in [0.15, 0.2) is 29.5 Å². The minimum Gasteiger partial charge on any atom is -0.302 e. The molecule has 0 saturated heterocycles. The van der Waals surface area contributed by atoms with Crippen molar-refractivity contribution in [3.8, 4) is 0 Å². The number of aryl methyl sites for hydroxylation is 2. The van der Waals surface area contributed by atoms with Gasteiger partial charge in [-0.15, -0.1) is 11.8 Å². The van der Waals surface area contributed by atoms with Gasteiger partial charge in [0.05, 0.1) is 64.6 Å². The van der Waals surface area contributed by atoms with Crippen molar-refractivity contribution in [3.63, 3.8) is 0 Å². The summed E-state index contributed by atoms with van der Waals surface area (Å²) in [4.78, 5) is 39.7. The largest absolute Gasteiger partial charge is 0.302 e. The van der Waals surface area contributed by atoms with E-state index in [1.165, 1.54) is 14.4 Å². The third-order valence-electron chi connectivity index (χ3n) is 13.6. The molecule has 0 bridgehead atoms. The number of sulfone groups is 3. The molecule has 3 aromatic carbocycles. The molecule has 1 amide bonds. The highest BCUT2D eigenvalue weighted by Crippen LogP contribution is 2.47. The van der Waals surface area contributed by atoms with Crippen LogP contribution < -0.4 is 11.1 Å². The lowest BCUT2D eigenvalue weighted by molar-refractivity contribution is -0.124. The summed E-state index contributed by atoms with van der Waals surface area (Å²) in [5.41, 5.74) is 7.17. The van der Waals surface area contributed by atoms with E-state index in [4.69, 9.17) is 24.4 Å². The molecular weight excluding hydrogens is 1030 g/mol. The smallest absolute Gasteiger partial charge is 0.276 e. The maximum absolute atomic E-state index is 12.5. The van der Waals surface area contributed by atoms with Gasteiger partial charge in [0.1, 0.15) is 0 Å². The lowest BCUT2D eigenvalue weighted by atomic mass is 9.82. The number of hydrogen-bond donors (Lipinski definition) is 2. The highest BCUT2D eigenvalue weighted by Gasteiger charge is 2.45. The average molecular weight is 1090 g/mol. The summed E-state index contributed by atoms with van der Waals surface area (Å²) in [7, 11) is -4.89. The Bertz CT molecular complexity index is 3540. The van der Waals surface area contributed by atoms with Gasteiger partial charge in [-0.25, -0.2) is 30.3 Å². The Hall–Kier alpha value is -5.06. The van der Waals surface area contributed by atoms with Crippen molar-refractivity contribution in [1.29, 1.82) is 0 Å². The third kappa shape index (κ3) is 9.53. The van der Waals surface area contributed by atoms with Crippen molar-refractivity contribution >= 4 is 92.5 Å². The molecular formula is C51H60N6O9S6. The summed E-state index contributed by atoms with van der Waals surface area (Å²) in [6, 6.07) is 10.2. The lowest BCUT2D eigenvalue weighted by Gasteiger charge is -2.22. The van der Waals surface area contributed by atoms with Gasteiger partial charge in [0.2, 0.25) is 0 Å². The molecule has 4 aliphatic rings. The zero-order chi connectivity index (χ0) is 53.6. The van der Waals surface area contributed by atoms with E-state index < -0.39 is 45.8 Å². The molecule has 5 aromatic rings. The minimum atomic E-state index is -3.26. The van der Waals surface area contributed by atoms with Crippen LogP contribution in [0.15, 0.2) is 83.7 Å². The number of thioether (sulfide) groups is 1. The number of amides is 1. The Morgan fingerprint density at radius 3 is 1.25 bits per heavy atom. The van der Waals surface area contributed by atoms with Crippen LogP contribution in [-0.4, -0.2) is 102 Å². The minimum absolute atomic E-state index is 0.0955. The van der Waals surface area contributed by atoms with Crippen molar-refractivity contribution in [2.24, 2.45) is 19.2 Å². The number of likely N-dealkylation sites (N-methyl/N-ethyl adjacent to an activating group) is 1. The van der Waals surface area contributed by atoms with Crippen LogP contribution >= 0.6 is 36.2 Å². The summed E-state index contributed by atoms with van der Waals surface area (Å²) in [5, 5.41) is 11.0. The number of hydrazone groups is 1. The summed E-state index contributed by atoms with van der Waals surface area (Å²) >= 11 is 12.6. The molecule has 9 rings (SSSR count). The van der Waals surface area contributed by atoms with Crippen molar-refractivity contribution in [2.75, 3.05) is 30.1 Å². The Balaban J connectivity index is 0.000000159. The van der Waals surface area contributed by atoms with E-state index in [0.29, 0.717) is 41.1 Å². The topological polar surface area (TPSA) is 211 Å². The quantitative estimate of drug-likeness (QED) is 0.0908. The van der Waals surface area contributed by atoms with Crippen LogP contribution in [-0.2, 0) is 64.6 Å². The van der Waals surface area contributed by atoms with Gasteiger partial charge in [0, 0.05) is 54.7 Å². The number of nitrogens with one attached hydrogen (secondary N) is 2. The Kier molecular flexibility index (Phi) is 14.4. The van der Waals surface area contributed by atoms with Gasteiger partial charge in [-0.2, -0.15) is 5.10 Å². The molecule has 0 fully saturated rings. The fraction of sp³-hybridized carbons (Fsp3) is 0.412. The molecule has 4 aliphatic heterocycles. The van der Waals surface area contributed by atoms with Crippen LogP contribution in [0.4, 0.5) is 0 Å². The number of H-pyrrole nitrogens is 2. The van der Waals surface area contributed by atoms with Gasteiger partial charge >= 0.3 is 0 Å². The first-order valence-corrected chi connectivity index (χ1v) is 29.9. The molecule has 21 heteroatoms. The van der Waals surface area contributed by atoms with E-state index in [2.05, 4.69) is 22.2 Å². The Labute approximate surface area is 436 Å². The highest BCUT2D eigenvalue weighted by atomic mass is 32.2. The molecule has 0 unspecified atom stereocenters. The molecule has 72 heavy (non-hydrogen) atoms. The molecule has 0 atom stereocenters. The predicted octanol–water partition coefficient (Wildman–Crippen LogP) is 7.08. The first-order chi connectivity index (χ1) is 33.2. The van der Waals surface area contributed by atoms with Gasteiger partial charge in [-0.05, 0) is 101 Å². The third-order valence-corrected chi connectivity index (χ3v) is 22.2. The number of aromatic amines is 2. The van der Waals surface area contributed by atoms with Crippen LogP contribution in [0.1, 0.15) is 116 Å². The fourth-order valence-corrected chi connectivity index (χ4v) is 19.2. The van der Waals surface area contributed by atoms with Gasteiger partial charge in [-0.1, -0.05) is 91.1 Å². The van der Waals surface area contributed by atoms with Crippen LogP contribution in [0.3, 0.4) is 0 Å². The highest BCUT2D eigenvalue weighted by molar-refractivity contribution is 8.08. The number of nitrogens with zero attached hydrogens (tertiary/aromatic N) is 4. The number of carbonyl (C=O) groups excluding carboxylic acids is 1. The normalized spacial score (nSPS) is 19.4. The fourth-order valence-electron chi connectivity index (χ4n) is 10.6. The monoisotopic (exact) mass is 1090 g/mol. The molecule has 2 N–H and O–H groups in total. The van der Waals surface area contributed by atoms with Crippen molar-refractivity contribution < 1.29 is 30.0 Å². The van der Waals surface area contributed by atoms with Gasteiger partial charge in [-0.3, -0.25) is 23.7 Å². The zero-order valence-electron chi connectivity index (χ0n) is 42.6. The molecule has 0 aliphatic carbocycles. The number of fused-ring (bicyclic) bond motifs is 3. The molecule has 384 valence electrons. The number of thiocarbonyl (C=S) groups is 2. The van der Waals surface area contributed by atoms with E-state index in [9.17, 15) is 39.6 Å². The molecule has 15 nitrogen and oxygen atoms in total. The molecule has 0 radical (unpaired) electrons. The molecule has 2 aromatic heterocycles. The van der Waals surface area contributed by atoms with Gasteiger partial charge in [0.25, 0.3) is 17.0 Å². The number of rotatable bonds is 8. The SMILES string of the molecule is CCCS/C(=C1/C=NN(C)C1=O)c1ccc2c(c1C)C(C)(C)CS2(=O)=O.Cc1c(C(=S)c2c[nH]n(C)c2=O)ccc2c1C(C)(C)CS2(=O)=O.Cc1c(C(=S)c2c[nH]n(C)c2=O)ccc2c1C(C)(C)CS2(=O)=O. The van der Waals surface area contributed by atoms with E-state index in [1.54, 1.807) is 81.8 Å². The lowest BCUT2D eigenvalue weighted by Crippen LogP contribution is -2.22. The average Bonchev–Trinajstić information content (AvgIpc) is 4.04. The second kappa shape index (κ2) is 19.0. The van der Waals surface area contributed by atoms with Crippen LogP contribution in [0, 0.1) is 20.8 Å². The number of benzene rings is 3. The summed E-state index contributed by atoms with van der Waals surface area (Å²) in [6.45, 7) is 19.4. The van der Waals surface area contributed by atoms with E-state index in [1.807, 2.05) is 68.4 Å². The van der Waals surface area contributed by atoms with Crippen molar-refractivity contribution in [3.05, 3.63) is 136 Å². The second-order valence-electron chi connectivity index (χ2n) is 20.7. The van der Waals surface area contributed by atoms with Crippen molar-refractivity contribution in [1.82, 2.24) is 24.6 Å². The maximum atomic E-state index is 12.5.